The van der Waals surface area contributed by atoms with E-state index in [9.17, 15) is 18.0 Å². The molecular weight excluding hydrogens is 529 g/mol. The number of carbonyl (C=O) groups excluding carboxylic acids is 1. The standard InChI is InChI=1S/C32H37F3N4O2/c33-32(34,35)29-7-1-4-26(18-29)19-31(40)39-13-3-6-28(23-39)24-41-30-10-8-25(9-11-30)21-37-14-16-38(17-15-37)22-27-5-2-12-36-20-27/h1-2,4-5,7-12,18,20,28H,3,6,13-17,19,21-24H2/t28-/m0/s1. The zero-order valence-electron chi connectivity index (χ0n) is 23.2. The number of aromatic nitrogens is 1. The fourth-order valence-corrected chi connectivity index (χ4v) is 5.59. The number of amides is 1. The Bertz CT molecular complexity index is 1260. The SMILES string of the molecule is O=C(Cc1cccc(C(F)(F)F)c1)N1CCC[C@H](COc2ccc(CN3CCN(Cc4cccnc4)CC3)cc2)C1. The lowest BCUT2D eigenvalue weighted by Gasteiger charge is -2.34. The molecule has 2 saturated heterocycles. The first-order valence-corrected chi connectivity index (χ1v) is 14.3. The topological polar surface area (TPSA) is 48.9 Å². The zero-order valence-corrected chi connectivity index (χ0v) is 23.2. The second-order valence-electron chi connectivity index (χ2n) is 11.1. The molecule has 0 unspecified atom stereocenters. The van der Waals surface area contributed by atoms with Gasteiger partial charge in [-0.05, 0) is 53.8 Å². The van der Waals surface area contributed by atoms with Crippen molar-refractivity contribution in [2.45, 2.75) is 38.5 Å². The van der Waals surface area contributed by atoms with Crippen LogP contribution in [0, 0.1) is 5.92 Å². The molecule has 1 aromatic heterocycles. The number of ether oxygens (including phenoxy) is 1. The molecule has 0 radical (unpaired) electrons. The molecule has 3 heterocycles. The van der Waals surface area contributed by atoms with Crippen molar-refractivity contribution >= 4 is 5.91 Å². The largest absolute Gasteiger partial charge is 0.493 e. The van der Waals surface area contributed by atoms with Gasteiger partial charge in [0.25, 0.3) is 0 Å². The van der Waals surface area contributed by atoms with E-state index in [-0.39, 0.29) is 18.2 Å². The van der Waals surface area contributed by atoms with Gasteiger partial charge in [0.2, 0.25) is 5.91 Å². The van der Waals surface area contributed by atoms with Crippen molar-refractivity contribution in [2.24, 2.45) is 5.92 Å². The number of halogens is 3. The Hall–Kier alpha value is -3.43. The molecule has 3 aromatic rings. The number of carbonyl (C=O) groups is 1. The monoisotopic (exact) mass is 566 g/mol. The number of hydrogen-bond donors (Lipinski definition) is 0. The minimum absolute atomic E-state index is 0.0293. The molecule has 0 spiro atoms. The van der Waals surface area contributed by atoms with Crippen LogP contribution in [0.15, 0.2) is 73.1 Å². The van der Waals surface area contributed by atoms with Gasteiger partial charge in [-0.25, -0.2) is 0 Å². The van der Waals surface area contributed by atoms with Crippen LogP contribution in [0.5, 0.6) is 5.75 Å². The minimum Gasteiger partial charge on any atom is -0.493 e. The predicted molar refractivity (Wildman–Crippen MR) is 151 cm³/mol. The fraction of sp³-hybridized carbons (Fsp3) is 0.438. The molecule has 5 rings (SSSR count). The first-order valence-electron chi connectivity index (χ1n) is 14.3. The van der Waals surface area contributed by atoms with E-state index < -0.39 is 11.7 Å². The van der Waals surface area contributed by atoms with Crippen molar-refractivity contribution in [1.29, 1.82) is 0 Å². The third-order valence-corrected chi connectivity index (χ3v) is 7.89. The molecule has 9 heteroatoms. The molecular formula is C32H37F3N4O2. The predicted octanol–water partition coefficient (Wildman–Crippen LogP) is 5.28. The van der Waals surface area contributed by atoms with Gasteiger partial charge in [-0.3, -0.25) is 19.6 Å². The lowest BCUT2D eigenvalue weighted by molar-refractivity contribution is -0.138. The van der Waals surface area contributed by atoms with Gasteiger partial charge in [-0.15, -0.1) is 0 Å². The first kappa shape index (κ1) is 29.1. The van der Waals surface area contributed by atoms with Gasteiger partial charge in [0.15, 0.2) is 0 Å². The Morgan fingerprint density at radius 2 is 1.59 bits per heavy atom. The molecule has 0 saturated carbocycles. The molecule has 2 aliphatic rings. The summed E-state index contributed by atoms with van der Waals surface area (Å²) in [5.74, 6) is 0.857. The van der Waals surface area contributed by atoms with Gasteiger partial charge < -0.3 is 9.64 Å². The quantitative estimate of drug-likeness (QED) is 0.353. The average Bonchev–Trinajstić information content (AvgIpc) is 2.98. The number of benzene rings is 2. The van der Waals surface area contributed by atoms with Gasteiger partial charge in [0, 0.05) is 70.7 Å². The highest BCUT2D eigenvalue weighted by atomic mass is 19.4. The molecule has 6 nitrogen and oxygen atoms in total. The Morgan fingerprint density at radius 3 is 2.27 bits per heavy atom. The summed E-state index contributed by atoms with van der Waals surface area (Å²) in [6, 6.07) is 17.4. The van der Waals surface area contributed by atoms with E-state index in [1.54, 1.807) is 17.2 Å². The third kappa shape index (κ3) is 8.53. The lowest BCUT2D eigenvalue weighted by atomic mass is 9.98. The zero-order chi connectivity index (χ0) is 28.7. The fourth-order valence-electron chi connectivity index (χ4n) is 5.59. The Balaban J connectivity index is 1.04. The second kappa shape index (κ2) is 13.5. The molecule has 2 aliphatic heterocycles. The summed E-state index contributed by atoms with van der Waals surface area (Å²) in [7, 11) is 0. The summed E-state index contributed by atoms with van der Waals surface area (Å²) in [5.41, 5.74) is 2.16. The number of pyridine rings is 1. The van der Waals surface area contributed by atoms with Gasteiger partial charge in [-0.2, -0.15) is 13.2 Å². The number of likely N-dealkylation sites (tertiary alicyclic amines) is 1. The van der Waals surface area contributed by atoms with Crippen LogP contribution in [0.25, 0.3) is 0 Å². The minimum atomic E-state index is -4.42. The summed E-state index contributed by atoms with van der Waals surface area (Å²) in [6.45, 7) is 7.68. The number of hydrogen-bond acceptors (Lipinski definition) is 5. The highest BCUT2D eigenvalue weighted by Gasteiger charge is 2.31. The molecule has 2 aromatic carbocycles. The summed E-state index contributed by atoms with van der Waals surface area (Å²) in [4.78, 5) is 23.8. The summed E-state index contributed by atoms with van der Waals surface area (Å²) >= 11 is 0. The molecule has 41 heavy (non-hydrogen) atoms. The maximum Gasteiger partial charge on any atom is 0.416 e. The molecule has 0 aliphatic carbocycles. The Kier molecular flexibility index (Phi) is 9.57. The molecule has 218 valence electrons. The normalized spacial score (nSPS) is 18.8. The van der Waals surface area contributed by atoms with Crippen LogP contribution in [0.4, 0.5) is 13.2 Å². The third-order valence-electron chi connectivity index (χ3n) is 7.89. The summed E-state index contributed by atoms with van der Waals surface area (Å²) in [6.07, 6.45) is 1.11. The van der Waals surface area contributed by atoms with E-state index in [0.717, 1.165) is 70.0 Å². The van der Waals surface area contributed by atoms with E-state index in [1.807, 2.05) is 24.4 Å². The van der Waals surface area contributed by atoms with Crippen LogP contribution in [-0.2, 0) is 30.5 Å². The Morgan fingerprint density at radius 1 is 0.878 bits per heavy atom. The Labute approximate surface area is 239 Å². The van der Waals surface area contributed by atoms with Crippen molar-refractivity contribution in [3.05, 3.63) is 95.3 Å². The number of alkyl halides is 3. The van der Waals surface area contributed by atoms with Crippen LogP contribution in [0.1, 0.15) is 35.1 Å². The van der Waals surface area contributed by atoms with Crippen molar-refractivity contribution < 1.29 is 22.7 Å². The van der Waals surface area contributed by atoms with Gasteiger partial charge in [-0.1, -0.05) is 36.4 Å². The molecule has 0 bridgehead atoms. The van der Waals surface area contributed by atoms with Crippen LogP contribution in [0.3, 0.4) is 0 Å². The van der Waals surface area contributed by atoms with Gasteiger partial charge in [0.05, 0.1) is 18.6 Å². The second-order valence-corrected chi connectivity index (χ2v) is 11.1. The molecule has 2 fully saturated rings. The van der Waals surface area contributed by atoms with E-state index in [2.05, 4.69) is 33.0 Å². The molecule has 0 N–H and O–H groups in total. The summed E-state index contributed by atoms with van der Waals surface area (Å²) in [5, 5.41) is 0. The van der Waals surface area contributed by atoms with Crippen molar-refractivity contribution in [1.82, 2.24) is 19.7 Å². The summed E-state index contributed by atoms with van der Waals surface area (Å²) < 4.78 is 45.1. The lowest BCUT2D eigenvalue weighted by Crippen LogP contribution is -2.45. The van der Waals surface area contributed by atoms with Crippen LogP contribution in [-0.4, -0.2) is 71.5 Å². The first-order chi connectivity index (χ1) is 19.8. The van der Waals surface area contributed by atoms with Crippen LogP contribution in [0.2, 0.25) is 0 Å². The van der Waals surface area contributed by atoms with Gasteiger partial charge >= 0.3 is 6.18 Å². The smallest absolute Gasteiger partial charge is 0.416 e. The number of piperidine rings is 1. The molecule has 1 amide bonds. The van der Waals surface area contributed by atoms with E-state index in [1.165, 1.54) is 17.2 Å². The van der Waals surface area contributed by atoms with Crippen LogP contribution < -0.4 is 4.74 Å². The van der Waals surface area contributed by atoms with Crippen molar-refractivity contribution in [2.75, 3.05) is 45.9 Å². The van der Waals surface area contributed by atoms with E-state index in [0.29, 0.717) is 25.3 Å². The number of piperazine rings is 1. The number of rotatable bonds is 9. The van der Waals surface area contributed by atoms with E-state index >= 15 is 0 Å². The van der Waals surface area contributed by atoms with Crippen LogP contribution >= 0.6 is 0 Å². The van der Waals surface area contributed by atoms with E-state index in [4.69, 9.17) is 4.74 Å². The highest BCUT2D eigenvalue weighted by Crippen LogP contribution is 2.30. The maximum atomic E-state index is 13.0. The van der Waals surface area contributed by atoms with Crippen molar-refractivity contribution in [3.8, 4) is 5.75 Å². The highest BCUT2D eigenvalue weighted by molar-refractivity contribution is 5.79. The van der Waals surface area contributed by atoms with Crippen molar-refractivity contribution in [3.63, 3.8) is 0 Å². The average molecular weight is 567 g/mol. The van der Waals surface area contributed by atoms with Gasteiger partial charge in [0.1, 0.15) is 5.75 Å². The number of nitrogens with zero attached hydrogens (tertiary/aromatic N) is 4. The maximum absolute atomic E-state index is 13.0. The molecule has 1 atom stereocenters.